The molecule has 0 spiro atoms. The van der Waals surface area contributed by atoms with Crippen molar-refractivity contribution in [2.24, 2.45) is 5.92 Å². The monoisotopic (exact) mass is 286 g/mol. The Kier molecular flexibility index (Phi) is 4.69. The molecule has 0 saturated heterocycles. The van der Waals surface area contributed by atoms with Gasteiger partial charge >= 0.3 is 0 Å². The predicted molar refractivity (Wildman–Crippen MR) is 87.8 cm³/mol. The number of thiocarbonyl (C=S) groups is 1. The Bertz CT molecular complexity index is 637. The first kappa shape index (κ1) is 14.5. The molecule has 3 nitrogen and oxygen atoms in total. The van der Waals surface area contributed by atoms with Crippen molar-refractivity contribution in [1.29, 1.82) is 0 Å². The van der Waals surface area contributed by atoms with Gasteiger partial charge in [-0.3, -0.25) is 4.79 Å². The van der Waals surface area contributed by atoms with Crippen LogP contribution in [0.2, 0.25) is 0 Å². The number of hydrogen-bond acceptors (Lipinski definition) is 2. The van der Waals surface area contributed by atoms with E-state index in [2.05, 4.69) is 16.7 Å². The van der Waals surface area contributed by atoms with Crippen LogP contribution in [0.4, 0.5) is 5.69 Å². The van der Waals surface area contributed by atoms with E-state index in [1.54, 1.807) is 0 Å². The SMILES string of the molecule is CC(C)CC(=O)NC(=S)Nc1ccc2ccccc2c1. The summed E-state index contributed by atoms with van der Waals surface area (Å²) in [4.78, 5) is 11.6. The van der Waals surface area contributed by atoms with Gasteiger partial charge in [-0.2, -0.15) is 0 Å². The van der Waals surface area contributed by atoms with Crippen molar-refractivity contribution in [3.63, 3.8) is 0 Å². The summed E-state index contributed by atoms with van der Waals surface area (Å²) in [6.45, 7) is 4.00. The molecule has 2 aromatic carbocycles. The summed E-state index contributed by atoms with van der Waals surface area (Å²) in [6.07, 6.45) is 0.472. The molecule has 0 fully saturated rings. The van der Waals surface area contributed by atoms with Gasteiger partial charge in [0.05, 0.1) is 0 Å². The van der Waals surface area contributed by atoms with Crippen LogP contribution in [-0.2, 0) is 4.79 Å². The van der Waals surface area contributed by atoms with Gasteiger partial charge in [0.1, 0.15) is 0 Å². The third-order valence-corrected chi connectivity index (χ3v) is 3.06. The van der Waals surface area contributed by atoms with Gasteiger partial charge in [-0.25, -0.2) is 0 Å². The number of rotatable bonds is 3. The lowest BCUT2D eigenvalue weighted by atomic mass is 10.1. The zero-order valence-corrected chi connectivity index (χ0v) is 12.5. The molecule has 0 atom stereocenters. The van der Waals surface area contributed by atoms with Crippen LogP contribution < -0.4 is 10.6 Å². The maximum Gasteiger partial charge on any atom is 0.226 e. The molecule has 0 bridgehead atoms. The third-order valence-electron chi connectivity index (χ3n) is 2.85. The highest BCUT2D eigenvalue weighted by atomic mass is 32.1. The van der Waals surface area contributed by atoms with Gasteiger partial charge in [-0.1, -0.05) is 44.2 Å². The van der Waals surface area contributed by atoms with E-state index in [0.29, 0.717) is 17.5 Å². The zero-order chi connectivity index (χ0) is 14.5. The number of anilines is 1. The third kappa shape index (κ3) is 4.03. The first-order valence-electron chi connectivity index (χ1n) is 6.64. The van der Waals surface area contributed by atoms with Crippen molar-refractivity contribution in [2.75, 3.05) is 5.32 Å². The summed E-state index contributed by atoms with van der Waals surface area (Å²) in [5.74, 6) is 0.261. The van der Waals surface area contributed by atoms with Gasteiger partial charge in [0.15, 0.2) is 5.11 Å². The van der Waals surface area contributed by atoms with E-state index >= 15 is 0 Å². The normalized spacial score (nSPS) is 10.6. The lowest BCUT2D eigenvalue weighted by molar-refractivity contribution is -0.120. The summed E-state index contributed by atoms with van der Waals surface area (Å²) in [6, 6.07) is 14.1. The van der Waals surface area contributed by atoms with Crippen LogP contribution in [0.5, 0.6) is 0 Å². The second kappa shape index (κ2) is 6.48. The second-order valence-corrected chi connectivity index (χ2v) is 5.57. The Morgan fingerprint density at radius 3 is 2.55 bits per heavy atom. The molecule has 0 unspecified atom stereocenters. The Labute approximate surface area is 124 Å². The second-order valence-electron chi connectivity index (χ2n) is 5.16. The molecular weight excluding hydrogens is 268 g/mol. The number of carbonyl (C=O) groups is 1. The van der Waals surface area contributed by atoms with E-state index in [1.807, 2.05) is 50.2 Å². The molecule has 0 saturated carbocycles. The Morgan fingerprint density at radius 1 is 1.15 bits per heavy atom. The van der Waals surface area contributed by atoms with Crippen molar-refractivity contribution in [2.45, 2.75) is 20.3 Å². The molecular formula is C16H18N2OS. The van der Waals surface area contributed by atoms with Crippen molar-refractivity contribution in [3.05, 3.63) is 42.5 Å². The molecule has 2 aromatic rings. The minimum atomic E-state index is -0.0571. The number of benzene rings is 2. The summed E-state index contributed by atoms with van der Waals surface area (Å²) in [5, 5.41) is 8.37. The zero-order valence-electron chi connectivity index (χ0n) is 11.6. The van der Waals surface area contributed by atoms with Gasteiger partial charge in [0.2, 0.25) is 5.91 Å². The van der Waals surface area contributed by atoms with E-state index < -0.39 is 0 Å². The molecule has 2 N–H and O–H groups in total. The Morgan fingerprint density at radius 2 is 1.85 bits per heavy atom. The largest absolute Gasteiger partial charge is 0.332 e. The van der Waals surface area contributed by atoms with Crippen LogP contribution in [0.3, 0.4) is 0 Å². The minimum absolute atomic E-state index is 0.0571. The smallest absolute Gasteiger partial charge is 0.226 e. The minimum Gasteiger partial charge on any atom is -0.332 e. The van der Waals surface area contributed by atoms with Crippen molar-refractivity contribution >= 4 is 39.7 Å². The van der Waals surface area contributed by atoms with Crippen molar-refractivity contribution in [1.82, 2.24) is 5.32 Å². The van der Waals surface area contributed by atoms with E-state index in [-0.39, 0.29) is 5.91 Å². The standard InChI is InChI=1S/C16H18N2OS/c1-11(2)9-15(19)18-16(20)17-14-8-7-12-5-3-4-6-13(12)10-14/h3-8,10-11H,9H2,1-2H3,(H2,17,18,19,20). The molecule has 104 valence electrons. The summed E-state index contributed by atoms with van der Waals surface area (Å²) in [7, 11) is 0. The van der Waals surface area contributed by atoms with E-state index in [1.165, 1.54) is 5.39 Å². The van der Waals surface area contributed by atoms with Gasteiger partial charge < -0.3 is 10.6 Å². The number of hydrogen-bond donors (Lipinski definition) is 2. The number of fused-ring (bicyclic) bond motifs is 1. The highest BCUT2D eigenvalue weighted by molar-refractivity contribution is 7.80. The van der Waals surface area contributed by atoms with Crippen LogP contribution in [-0.4, -0.2) is 11.0 Å². The topological polar surface area (TPSA) is 41.1 Å². The van der Waals surface area contributed by atoms with Crippen LogP contribution in [0.25, 0.3) is 10.8 Å². The molecule has 20 heavy (non-hydrogen) atoms. The molecule has 1 amide bonds. The van der Waals surface area contributed by atoms with Crippen LogP contribution in [0.15, 0.2) is 42.5 Å². The van der Waals surface area contributed by atoms with Crippen LogP contribution in [0.1, 0.15) is 20.3 Å². The first-order chi connectivity index (χ1) is 9.54. The van der Waals surface area contributed by atoms with Crippen molar-refractivity contribution in [3.8, 4) is 0 Å². The first-order valence-corrected chi connectivity index (χ1v) is 7.05. The maximum atomic E-state index is 11.6. The van der Waals surface area contributed by atoms with E-state index in [0.717, 1.165) is 11.1 Å². The van der Waals surface area contributed by atoms with E-state index in [4.69, 9.17) is 12.2 Å². The lowest BCUT2D eigenvalue weighted by Gasteiger charge is -2.11. The quantitative estimate of drug-likeness (QED) is 0.845. The molecule has 0 heterocycles. The average molecular weight is 286 g/mol. The van der Waals surface area contributed by atoms with Crippen molar-refractivity contribution < 1.29 is 4.79 Å². The average Bonchev–Trinajstić information content (AvgIpc) is 2.37. The number of nitrogens with one attached hydrogen (secondary N) is 2. The number of amides is 1. The molecule has 0 aliphatic rings. The summed E-state index contributed by atoms with van der Waals surface area (Å²) in [5.41, 5.74) is 0.874. The van der Waals surface area contributed by atoms with Crippen LogP contribution >= 0.6 is 12.2 Å². The molecule has 0 aliphatic carbocycles. The van der Waals surface area contributed by atoms with E-state index in [9.17, 15) is 4.79 Å². The lowest BCUT2D eigenvalue weighted by Crippen LogP contribution is -2.34. The Hall–Kier alpha value is -1.94. The summed E-state index contributed by atoms with van der Waals surface area (Å²) < 4.78 is 0. The van der Waals surface area contributed by atoms with Gasteiger partial charge in [-0.15, -0.1) is 0 Å². The highest BCUT2D eigenvalue weighted by Crippen LogP contribution is 2.18. The van der Waals surface area contributed by atoms with Gasteiger partial charge in [0, 0.05) is 12.1 Å². The fourth-order valence-electron chi connectivity index (χ4n) is 1.98. The number of carbonyl (C=O) groups excluding carboxylic acids is 1. The molecule has 2 rings (SSSR count). The maximum absolute atomic E-state index is 11.6. The van der Waals surface area contributed by atoms with Crippen LogP contribution in [0, 0.1) is 5.92 Å². The van der Waals surface area contributed by atoms with Gasteiger partial charge in [0.25, 0.3) is 0 Å². The fourth-order valence-corrected chi connectivity index (χ4v) is 2.21. The fraction of sp³-hybridized carbons (Fsp3) is 0.250. The van der Waals surface area contributed by atoms with Gasteiger partial charge in [-0.05, 0) is 41.0 Å². The summed E-state index contributed by atoms with van der Waals surface area (Å²) >= 11 is 5.14. The molecule has 4 heteroatoms. The molecule has 0 aliphatic heterocycles. The predicted octanol–water partition coefficient (Wildman–Crippen LogP) is 3.70. The molecule has 0 radical (unpaired) electrons. The molecule has 0 aromatic heterocycles. The Balaban J connectivity index is 2.01. The highest BCUT2D eigenvalue weighted by Gasteiger charge is 2.07.